The summed E-state index contributed by atoms with van der Waals surface area (Å²) in [4.78, 5) is 28.1. The minimum absolute atomic E-state index is 0.0328. The van der Waals surface area contributed by atoms with E-state index in [1.807, 2.05) is 17.9 Å². The number of hydrogen-bond donors (Lipinski definition) is 1. The minimum Gasteiger partial charge on any atom is -0.361 e. The molecule has 172 valence electrons. The van der Waals surface area contributed by atoms with Gasteiger partial charge in [-0.15, -0.1) is 6.58 Å². The molecule has 1 amide bonds. The Morgan fingerprint density at radius 3 is 2.94 bits per heavy atom. The van der Waals surface area contributed by atoms with E-state index in [9.17, 15) is 4.79 Å². The number of fused-ring (bicyclic) bond motifs is 2. The molecule has 1 aliphatic heterocycles. The van der Waals surface area contributed by atoms with Crippen LogP contribution in [-0.4, -0.2) is 84.8 Å². The number of piperidine rings is 1. The summed E-state index contributed by atoms with van der Waals surface area (Å²) in [6.45, 7) is 9.96. The van der Waals surface area contributed by atoms with E-state index in [1.54, 1.807) is 6.34 Å². The van der Waals surface area contributed by atoms with Crippen molar-refractivity contribution in [2.45, 2.75) is 38.1 Å². The first kappa shape index (κ1) is 22.7. The average Bonchev–Trinajstić information content (AvgIpc) is 3.20. The number of carbonyl (C=O) groups excluding carboxylic acids is 1. The zero-order chi connectivity index (χ0) is 22.7. The molecule has 0 saturated carbocycles. The number of hydrogen-bond acceptors (Lipinski definition) is 4. The van der Waals surface area contributed by atoms with Crippen molar-refractivity contribution in [2.75, 3.05) is 46.8 Å². The molecular formula is C26H37N5O. The van der Waals surface area contributed by atoms with Crippen molar-refractivity contribution < 1.29 is 4.79 Å². The van der Waals surface area contributed by atoms with Gasteiger partial charge in [0.2, 0.25) is 5.91 Å². The summed E-state index contributed by atoms with van der Waals surface area (Å²) in [5.41, 5.74) is 4.00. The van der Waals surface area contributed by atoms with Crippen LogP contribution < -0.4 is 0 Å². The predicted molar refractivity (Wildman–Crippen MR) is 132 cm³/mol. The number of nitrogens with zero attached hydrogens (tertiary/aromatic N) is 4. The maximum absolute atomic E-state index is 13.7. The Morgan fingerprint density at radius 1 is 1.34 bits per heavy atom. The average molecular weight is 436 g/mol. The van der Waals surface area contributed by atoms with E-state index in [0.29, 0.717) is 25.0 Å². The third-order valence-corrected chi connectivity index (χ3v) is 6.98. The van der Waals surface area contributed by atoms with Crippen LogP contribution in [0.2, 0.25) is 0 Å². The van der Waals surface area contributed by atoms with Crippen molar-refractivity contribution >= 4 is 23.1 Å². The molecule has 6 nitrogen and oxygen atoms in total. The number of rotatable bonds is 9. The van der Waals surface area contributed by atoms with Crippen LogP contribution in [0.4, 0.5) is 0 Å². The molecule has 1 N–H and O–H groups in total. The van der Waals surface area contributed by atoms with Crippen LogP contribution in [-0.2, 0) is 11.2 Å². The summed E-state index contributed by atoms with van der Waals surface area (Å²) in [6, 6.07) is 6.98. The van der Waals surface area contributed by atoms with Crippen LogP contribution in [0.5, 0.6) is 0 Å². The fourth-order valence-electron chi connectivity index (χ4n) is 5.55. The summed E-state index contributed by atoms with van der Waals surface area (Å²) in [5.74, 6) is 0.534. The third-order valence-electron chi connectivity index (χ3n) is 6.98. The van der Waals surface area contributed by atoms with Gasteiger partial charge in [0.05, 0.1) is 12.3 Å². The Morgan fingerprint density at radius 2 is 2.19 bits per heavy atom. The molecule has 2 aromatic rings. The van der Waals surface area contributed by atoms with Gasteiger partial charge in [0.1, 0.15) is 0 Å². The van der Waals surface area contributed by atoms with Crippen molar-refractivity contribution in [3.8, 4) is 0 Å². The van der Waals surface area contributed by atoms with Gasteiger partial charge in [0.15, 0.2) is 0 Å². The molecule has 4 rings (SSSR count). The number of aliphatic imine (C=N–C) groups is 1. The van der Waals surface area contributed by atoms with E-state index >= 15 is 0 Å². The second kappa shape index (κ2) is 10.0. The number of likely N-dealkylation sites (tertiary alicyclic amines) is 1. The van der Waals surface area contributed by atoms with E-state index in [1.165, 1.54) is 22.0 Å². The maximum atomic E-state index is 13.7. The molecule has 2 heterocycles. The first-order valence-corrected chi connectivity index (χ1v) is 11.9. The Kier molecular flexibility index (Phi) is 7.11. The molecule has 32 heavy (non-hydrogen) atoms. The quantitative estimate of drug-likeness (QED) is 0.373. The lowest BCUT2D eigenvalue weighted by Gasteiger charge is -2.47. The van der Waals surface area contributed by atoms with Crippen LogP contribution in [0.25, 0.3) is 10.9 Å². The number of nitrogens with one attached hydrogen (secondary N) is 1. The maximum Gasteiger partial charge on any atom is 0.232 e. The van der Waals surface area contributed by atoms with Crippen molar-refractivity contribution in [3.63, 3.8) is 0 Å². The van der Waals surface area contributed by atoms with Gasteiger partial charge in [0.25, 0.3) is 0 Å². The predicted octanol–water partition coefficient (Wildman–Crippen LogP) is 3.51. The fourth-order valence-corrected chi connectivity index (χ4v) is 5.55. The number of amides is 1. The van der Waals surface area contributed by atoms with Crippen LogP contribution in [0.3, 0.4) is 0 Å². The molecule has 0 spiro atoms. The molecular weight excluding hydrogens is 398 g/mol. The van der Waals surface area contributed by atoms with E-state index in [-0.39, 0.29) is 11.8 Å². The molecule has 0 unspecified atom stereocenters. The Hall–Kier alpha value is -2.44. The molecule has 1 aromatic carbocycles. The van der Waals surface area contributed by atoms with Gasteiger partial charge >= 0.3 is 0 Å². The van der Waals surface area contributed by atoms with Gasteiger partial charge in [-0.3, -0.25) is 14.7 Å². The lowest BCUT2D eigenvalue weighted by Crippen LogP contribution is -2.53. The lowest BCUT2D eigenvalue weighted by atomic mass is 9.72. The van der Waals surface area contributed by atoms with Crippen LogP contribution in [0.1, 0.15) is 36.8 Å². The largest absolute Gasteiger partial charge is 0.361 e. The molecule has 1 saturated heterocycles. The molecule has 6 heteroatoms. The smallest absolute Gasteiger partial charge is 0.232 e. The van der Waals surface area contributed by atoms with Crippen molar-refractivity contribution in [1.82, 2.24) is 19.7 Å². The van der Waals surface area contributed by atoms with E-state index in [4.69, 9.17) is 0 Å². The summed E-state index contributed by atoms with van der Waals surface area (Å²) in [6.07, 6.45) is 8.78. The Balaban J connectivity index is 1.60. The van der Waals surface area contributed by atoms with Crippen molar-refractivity contribution in [2.24, 2.45) is 10.9 Å². The fraction of sp³-hybridized carbons (Fsp3) is 0.538. The molecule has 3 atom stereocenters. The first-order valence-electron chi connectivity index (χ1n) is 11.9. The second-order valence-corrected chi connectivity index (χ2v) is 9.44. The highest BCUT2D eigenvalue weighted by Gasteiger charge is 2.43. The summed E-state index contributed by atoms with van der Waals surface area (Å²) < 4.78 is 0. The summed E-state index contributed by atoms with van der Waals surface area (Å²) in [7, 11) is 4.14. The Labute approximate surface area is 192 Å². The summed E-state index contributed by atoms with van der Waals surface area (Å²) >= 11 is 0. The monoisotopic (exact) mass is 435 g/mol. The number of carbonyl (C=O) groups is 1. The van der Waals surface area contributed by atoms with Gasteiger partial charge in [-0.05, 0) is 64.0 Å². The van der Waals surface area contributed by atoms with Crippen molar-refractivity contribution in [3.05, 3.63) is 48.2 Å². The van der Waals surface area contributed by atoms with Gasteiger partial charge in [-0.1, -0.05) is 18.2 Å². The molecule has 1 aromatic heterocycles. The molecule has 1 fully saturated rings. The van der Waals surface area contributed by atoms with Crippen LogP contribution in [0.15, 0.2) is 42.0 Å². The second-order valence-electron chi connectivity index (χ2n) is 9.44. The molecule has 1 aliphatic carbocycles. The minimum atomic E-state index is -0.0328. The highest BCUT2D eigenvalue weighted by molar-refractivity contribution is 5.91. The SMILES string of the molecule is C=CCN1C[C@H](C(=O)N(/C=N\CC)CCCN(C)C)C[C@@H]2c3cccc4[nH]cc(c34)C[C@H]21. The number of benzene rings is 1. The molecule has 0 radical (unpaired) electrons. The van der Waals surface area contributed by atoms with Crippen molar-refractivity contribution in [1.29, 1.82) is 0 Å². The zero-order valence-corrected chi connectivity index (χ0v) is 19.8. The van der Waals surface area contributed by atoms with E-state index in [0.717, 1.165) is 38.9 Å². The Bertz CT molecular complexity index is 978. The molecule has 0 bridgehead atoms. The topological polar surface area (TPSA) is 54.9 Å². The van der Waals surface area contributed by atoms with Gasteiger partial charge in [0, 0.05) is 55.2 Å². The number of aromatic amines is 1. The zero-order valence-electron chi connectivity index (χ0n) is 19.8. The highest BCUT2D eigenvalue weighted by atomic mass is 16.2. The highest BCUT2D eigenvalue weighted by Crippen LogP contribution is 2.45. The third kappa shape index (κ3) is 4.52. The first-order chi connectivity index (χ1) is 15.5. The molecule has 2 aliphatic rings. The lowest BCUT2D eigenvalue weighted by molar-refractivity contribution is -0.134. The van der Waals surface area contributed by atoms with E-state index < -0.39 is 0 Å². The van der Waals surface area contributed by atoms with Gasteiger partial charge in [-0.25, -0.2) is 0 Å². The normalized spacial score (nSPS) is 23.1. The number of aromatic nitrogens is 1. The standard InChI is InChI=1S/C26H37N5O/c1-5-11-30-17-20(26(32)31(18-27-6-2)13-8-12-29(3)4)14-22-21-9-7-10-23-25(21)19(16-28-23)15-24(22)30/h5,7,9-10,16,18,20,22,24,28H,1,6,8,11-15,17H2,2-4H3/b27-18-/t20-,22-,24-/m1/s1. The summed E-state index contributed by atoms with van der Waals surface area (Å²) in [5, 5.41) is 1.37. The van der Waals surface area contributed by atoms with Gasteiger partial charge in [-0.2, -0.15) is 0 Å². The van der Waals surface area contributed by atoms with Crippen LogP contribution in [0, 0.1) is 5.92 Å². The van der Waals surface area contributed by atoms with E-state index in [2.05, 4.69) is 64.8 Å². The number of H-pyrrole nitrogens is 1. The van der Waals surface area contributed by atoms with Gasteiger partial charge < -0.3 is 14.8 Å². The van der Waals surface area contributed by atoms with Crippen LogP contribution >= 0.6 is 0 Å².